The van der Waals surface area contributed by atoms with Crippen molar-refractivity contribution < 1.29 is 22.3 Å². The Kier molecular flexibility index (Phi) is 6.96. The molecule has 0 aromatic heterocycles. The number of benzene rings is 3. The van der Waals surface area contributed by atoms with Gasteiger partial charge in [0.25, 0.3) is 0 Å². The van der Waals surface area contributed by atoms with Gasteiger partial charge in [-0.3, -0.25) is 0 Å². The van der Waals surface area contributed by atoms with Gasteiger partial charge in [-0.1, -0.05) is 28.1 Å². The number of hydrogen-bond donors (Lipinski definition) is 2. The first-order valence-electron chi connectivity index (χ1n) is 8.87. The van der Waals surface area contributed by atoms with Crippen molar-refractivity contribution in [2.45, 2.75) is 18.0 Å². The van der Waals surface area contributed by atoms with Crippen LogP contribution < -0.4 is 19.9 Å². The number of sulfonamides is 1. The molecule has 0 saturated carbocycles. The first-order valence-corrected chi connectivity index (χ1v) is 11.2. The van der Waals surface area contributed by atoms with Gasteiger partial charge >= 0.3 is 0 Å². The number of rotatable bonds is 8. The molecule has 0 fully saturated rings. The van der Waals surface area contributed by atoms with E-state index in [1.54, 1.807) is 37.4 Å². The summed E-state index contributed by atoms with van der Waals surface area (Å²) in [5.74, 6) is 0.795. The highest BCUT2D eigenvalue weighted by Gasteiger charge is 2.15. The maximum Gasteiger partial charge on any atom is 0.238 e. The van der Waals surface area contributed by atoms with Gasteiger partial charge in [0.1, 0.15) is 12.4 Å². The first-order chi connectivity index (χ1) is 14.3. The fourth-order valence-electron chi connectivity index (χ4n) is 2.76. The summed E-state index contributed by atoms with van der Waals surface area (Å²) in [5, 5.41) is 8.35. The quantitative estimate of drug-likeness (QED) is 0.483. The van der Waals surface area contributed by atoms with Crippen molar-refractivity contribution in [3.8, 4) is 11.5 Å². The average molecular weight is 495 g/mol. The summed E-state index contributed by atoms with van der Waals surface area (Å²) >= 11 is 3.54. The van der Waals surface area contributed by atoms with Gasteiger partial charge in [0, 0.05) is 22.3 Å². The third kappa shape index (κ3) is 5.50. The molecule has 3 rings (SSSR count). The fraction of sp³-hybridized carbons (Fsp3) is 0.143. The summed E-state index contributed by atoms with van der Waals surface area (Å²) in [6, 6.07) is 15.8. The van der Waals surface area contributed by atoms with Gasteiger partial charge in [-0.25, -0.2) is 17.9 Å². The van der Waals surface area contributed by atoms with Crippen molar-refractivity contribution in [2.24, 2.45) is 5.14 Å². The molecule has 0 atom stereocenters. The lowest BCUT2D eigenvalue weighted by Crippen LogP contribution is -2.12. The highest BCUT2D eigenvalue weighted by Crippen LogP contribution is 2.37. The minimum Gasteiger partial charge on any atom is -0.493 e. The Morgan fingerprint density at radius 3 is 2.30 bits per heavy atom. The molecule has 6 nitrogen and oxygen atoms in total. The van der Waals surface area contributed by atoms with E-state index in [1.165, 1.54) is 24.3 Å². The molecule has 0 aliphatic rings. The molecule has 0 saturated heterocycles. The molecule has 0 aliphatic heterocycles. The summed E-state index contributed by atoms with van der Waals surface area (Å²) in [6.07, 6.45) is 0. The molecule has 0 unspecified atom stereocenters. The molecule has 0 amide bonds. The number of anilines is 1. The monoisotopic (exact) mass is 494 g/mol. The van der Waals surface area contributed by atoms with Crippen LogP contribution in [0.4, 0.5) is 10.1 Å². The largest absolute Gasteiger partial charge is 0.493 e. The Labute approximate surface area is 183 Å². The lowest BCUT2D eigenvalue weighted by Gasteiger charge is -2.18. The predicted molar refractivity (Wildman–Crippen MR) is 117 cm³/mol. The van der Waals surface area contributed by atoms with Crippen molar-refractivity contribution in [2.75, 3.05) is 12.4 Å². The van der Waals surface area contributed by atoms with Gasteiger partial charge in [-0.15, -0.1) is 0 Å². The van der Waals surface area contributed by atoms with Crippen LogP contribution in [0.1, 0.15) is 11.1 Å². The van der Waals surface area contributed by atoms with Crippen LogP contribution in [0.15, 0.2) is 70.0 Å². The van der Waals surface area contributed by atoms with Crippen LogP contribution >= 0.6 is 15.9 Å². The Bertz CT molecular complexity index is 1120. The Morgan fingerprint density at radius 1 is 1.03 bits per heavy atom. The minimum atomic E-state index is -3.74. The number of nitrogens with two attached hydrogens (primary N) is 1. The zero-order valence-electron chi connectivity index (χ0n) is 16.1. The van der Waals surface area contributed by atoms with E-state index in [0.29, 0.717) is 23.7 Å². The molecular weight excluding hydrogens is 475 g/mol. The van der Waals surface area contributed by atoms with Crippen molar-refractivity contribution in [3.05, 3.63) is 82.1 Å². The van der Waals surface area contributed by atoms with Crippen LogP contribution in [0.25, 0.3) is 0 Å². The molecule has 30 heavy (non-hydrogen) atoms. The number of nitrogens with one attached hydrogen (secondary N) is 1. The third-order valence-electron chi connectivity index (χ3n) is 4.34. The second-order valence-corrected chi connectivity index (χ2v) is 8.81. The fourth-order valence-corrected chi connectivity index (χ4v) is 3.72. The van der Waals surface area contributed by atoms with E-state index in [9.17, 15) is 12.8 Å². The smallest absolute Gasteiger partial charge is 0.238 e. The molecule has 0 aliphatic carbocycles. The highest BCUT2D eigenvalue weighted by molar-refractivity contribution is 9.10. The number of methoxy groups -OCH3 is 1. The molecule has 0 spiro atoms. The van der Waals surface area contributed by atoms with Crippen LogP contribution in [0, 0.1) is 5.82 Å². The summed E-state index contributed by atoms with van der Waals surface area (Å²) in [4.78, 5) is 0.0407. The summed E-state index contributed by atoms with van der Waals surface area (Å²) in [7, 11) is -2.19. The van der Waals surface area contributed by atoms with Crippen molar-refractivity contribution >= 4 is 31.6 Å². The molecular formula is C21H20BrFN2O4S. The van der Waals surface area contributed by atoms with Crippen LogP contribution in [0.2, 0.25) is 0 Å². The highest BCUT2D eigenvalue weighted by atomic mass is 79.9. The number of halogens is 2. The SMILES string of the molecule is COc1ccc(Br)c(CNc2ccc(S(N)(=O)=O)cc2)c1OCc1ccc(F)cc1. The first kappa shape index (κ1) is 22.1. The van der Waals surface area contributed by atoms with E-state index < -0.39 is 10.0 Å². The van der Waals surface area contributed by atoms with Crippen molar-refractivity contribution in [1.29, 1.82) is 0 Å². The average Bonchev–Trinajstić information content (AvgIpc) is 2.72. The zero-order valence-corrected chi connectivity index (χ0v) is 18.5. The van der Waals surface area contributed by atoms with Gasteiger partial charge < -0.3 is 14.8 Å². The summed E-state index contributed by atoms with van der Waals surface area (Å²) in [6.45, 7) is 0.619. The molecule has 0 heterocycles. The molecule has 0 bridgehead atoms. The van der Waals surface area contributed by atoms with Crippen LogP contribution in [-0.4, -0.2) is 15.5 Å². The van der Waals surface area contributed by atoms with Gasteiger partial charge in [0.05, 0.1) is 12.0 Å². The topological polar surface area (TPSA) is 90.6 Å². The molecule has 3 aromatic rings. The number of hydrogen-bond acceptors (Lipinski definition) is 5. The lowest BCUT2D eigenvalue weighted by atomic mass is 10.1. The van der Waals surface area contributed by atoms with Crippen molar-refractivity contribution in [1.82, 2.24) is 0 Å². The lowest BCUT2D eigenvalue weighted by molar-refractivity contribution is 0.281. The normalized spacial score (nSPS) is 11.2. The predicted octanol–water partition coefficient (Wildman–Crippen LogP) is 4.44. The third-order valence-corrected chi connectivity index (χ3v) is 6.01. The summed E-state index contributed by atoms with van der Waals surface area (Å²) < 4.78 is 48.2. The molecule has 3 aromatic carbocycles. The second kappa shape index (κ2) is 9.46. The molecule has 3 N–H and O–H groups in total. The Balaban J connectivity index is 1.80. The van der Waals surface area contributed by atoms with E-state index in [0.717, 1.165) is 15.6 Å². The maximum absolute atomic E-state index is 13.1. The molecule has 9 heteroatoms. The van der Waals surface area contributed by atoms with E-state index in [4.69, 9.17) is 14.6 Å². The molecule has 0 radical (unpaired) electrons. The Hall–Kier alpha value is -2.62. The zero-order chi connectivity index (χ0) is 21.7. The van der Waals surface area contributed by atoms with Gasteiger partial charge in [-0.05, 0) is 54.1 Å². The molecule has 158 valence electrons. The van der Waals surface area contributed by atoms with E-state index in [1.807, 2.05) is 6.07 Å². The number of ether oxygens (including phenoxy) is 2. The minimum absolute atomic E-state index is 0.0407. The Morgan fingerprint density at radius 2 is 1.70 bits per heavy atom. The van der Waals surface area contributed by atoms with E-state index in [2.05, 4.69) is 21.2 Å². The van der Waals surface area contributed by atoms with Gasteiger partial charge in [0.2, 0.25) is 10.0 Å². The van der Waals surface area contributed by atoms with Crippen LogP contribution in [-0.2, 0) is 23.2 Å². The standard InChI is InChI=1S/C21H20BrFN2O4S/c1-28-20-11-10-19(22)18(21(20)29-13-14-2-4-15(23)5-3-14)12-25-16-6-8-17(9-7-16)30(24,26)27/h2-11,25H,12-13H2,1H3,(H2,24,26,27). The second-order valence-electron chi connectivity index (χ2n) is 6.40. The van der Waals surface area contributed by atoms with Crippen LogP contribution in [0.3, 0.4) is 0 Å². The summed E-state index contributed by atoms with van der Waals surface area (Å²) in [5.41, 5.74) is 2.34. The van der Waals surface area contributed by atoms with Crippen LogP contribution in [0.5, 0.6) is 11.5 Å². The van der Waals surface area contributed by atoms with E-state index >= 15 is 0 Å². The number of primary sulfonamides is 1. The maximum atomic E-state index is 13.1. The van der Waals surface area contributed by atoms with Gasteiger partial charge in [0.15, 0.2) is 11.5 Å². The van der Waals surface area contributed by atoms with Crippen molar-refractivity contribution in [3.63, 3.8) is 0 Å². The van der Waals surface area contributed by atoms with E-state index in [-0.39, 0.29) is 17.3 Å². The van der Waals surface area contributed by atoms with Gasteiger partial charge in [-0.2, -0.15) is 0 Å².